The van der Waals surface area contributed by atoms with Crippen molar-refractivity contribution in [3.05, 3.63) is 0 Å². The van der Waals surface area contributed by atoms with Crippen LogP contribution in [0.25, 0.3) is 0 Å². The fraction of sp³-hybridized carbons (Fsp3) is 1.00. The zero-order valence-corrected chi connectivity index (χ0v) is 8.63. The van der Waals surface area contributed by atoms with Gasteiger partial charge in [0.15, 0.2) is 7.38 Å². The zero-order valence-electron chi connectivity index (χ0n) is 6.87. The summed E-state index contributed by atoms with van der Waals surface area (Å²) in [6.07, 6.45) is 1.27. The second-order valence-electron chi connectivity index (χ2n) is 3.44. The van der Waals surface area contributed by atoms with Gasteiger partial charge in [-0.2, -0.15) is 11.1 Å². The highest BCUT2D eigenvalue weighted by atomic mass is 35.6. The van der Waals surface area contributed by atoms with Crippen molar-refractivity contribution in [2.75, 3.05) is 0 Å². The third kappa shape index (κ3) is 6.39. The van der Waals surface area contributed by atoms with Gasteiger partial charge in [-0.05, 0) is 12.0 Å². The zero-order chi connectivity index (χ0) is 7.49. The minimum absolute atomic E-state index is 0.823. The van der Waals surface area contributed by atoms with E-state index in [4.69, 9.17) is 11.1 Å². The smallest absolute Gasteiger partial charge is 0.150 e. The van der Waals surface area contributed by atoms with E-state index in [9.17, 15) is 0 Å². The van der Waals surface area contributed by atoms with Crippen molar-refractivity contribution < 1.29 is 0 Å². The molecule has 0 aromatic carbocycles. The van der Waals surface area contributed by atoms with Crippen LogP contribution in [-0.2, 0) is 0 Å². The highest BCUT2D eigenvalue weighted by Crippen LogP contribution is 2.21. The van der Waals surface area contributed by atoms with Crippen LogP contribution in [0, 0.1) is 5.92 Å². The number of hydrogen-bond donors (Lipinski definition) is 0. The molecule has 0 heterocycles. The van der Waals surface area contributed by atoms with Crippen molar-refractivity contribution in [2.45, 2.75) is 39.4 Å². The lowest BCUT2D eigenvalue weighted by Gasteiger charge is -2.16. The average Bonchev–Trinajstić information content (AvgIpc) is 1.62. The Morgan fingerprint density at radius 3 is 2.00 bits per heavy atom. The molecule has 0 nitrogen and oxygen atoms in total. The van der Waals surface area contributed by atoms with Gasteiger partial charge in [-0.15, -0.1) is 0 Å². The molecule has 0 bridgehead atoms. The average molecular weight is 165 g/mol. The Morgan fingerprint density at radius 2 is 1.89 bits per heavy atom. The van der Waals surface area contributed by atoms with Crippen LogP contribution in [-0.4, -0.2) is 7.38 Å². The van der Waals surface area contributed by atoms with Gasteiger partial charge in [0.25, 0.3) is 0 Å². The first-order valence-corrected chi connectivity index (χ1v) is 7.86. The highest BCUT2D eigenvalue weighted by Gasteiger charge is 2.19. The summed E-state index contributed by atoms with van der Waals surface area (Å²) in [5.41, 5.74) is 0. The topological polar surface area (TPSA) is 0 Å². The molecule has 0 aliphatic carbocycles. The van der Waals surface area contributed by atoms with E-state index in [1.54, 1.807) is 0 Å². The molecule has 0 fully saturated rings. The Morgan fingerprint density at radius 1 is 1.44 bits per heavy atom. The molecule has 2 heteroatoms. The van der Waals surface area contributed by atoms with E-state index in [1.165, 1.54) is 12.5 Å². The van der Waals surface area contributed by atoms with Gasteiger partial charge in [-0.3, -0.25) is 0 Å². The molecule has 0 spiro atoms. The molecule has 0 aliphatic heterocycles. The summed E-state index contributed by atoms with van der Waals surface area (Å²) >= 11 is 6.15. The summed E-state index contributed by atoms with van der Waals surface area (Å²) in [6.45, 7) is 8.92. The predicted octanol–water partition coefficient (Wildman–Crippen LogP) is 3.48. The molecule has 0 N–H and O–H groups in total. The van der Waals surface area contributed by atoms with Gasteiger partial charge in [-0.1, -0.05) is 33.4 Å². The number of halogens is 1. The molecule has 0 aromatic heterocycles. The first kappa shape index (κ1) is 9.51. The Balaban J connectivity index is 3.47. The van der Waals surface area contributed by atoms with Crippen molar-refractivity contribution in [3.8, 4) is 0 Å². The Bertz CT molecular complexity index is 75.5. The Labute approximate surface area is 64.3 Å². The molecular formula is C7H17ClSi. The van der Waals surface area contributed by atoms with Crippen LogP contribution in [0.1, 0.15) is 20.3 Å². The molecule has 0 saturated heterocycles. The lowest BCUT2D eigenvalue weighted by atomic mass is 10.2. The second kappa shape index (κ2) is 3.62. The van der Waals surface area contributed by atoms with Crippen LogP contribution >= 0.6 is 11.1 Å². The lowest BCUT2D eigenvalue weighted by Crippen LogP contribution is -2.19. The van der Waals surface area contributed by atoms with Crippen LogP contribution in [0.2, 0.25) is 19.1 Å². The Kier molecular flexibility index (Phi) is 3.82. The first-order chi connectivity index (χ1) is 3.95. The van der Waals surface area contributed by atoms with E-state index < -0.39 is 7.38 Å². The summed E-state index contributed by atoms with van der Waals surface area (Å²) in [5, 5.41) is 0. The SMILES string of the molecule is CC[C@@H](C)C[Si](C)(C)Cl. The summed E-state index contributed by atoms with van der Waals surface area (Å²) in [6, 6.07) is 1.26. The monoisotopic (exact) mass is 164 g/mol. The summed E-state index contributed by atoms with van der Waals surface area (Å²) in [4.78, 5) is 0. The minimum atomic E-state index is -1.27. The van der Waals surface area contributed by atoms with E-state index in [0.29, 0.717) is 0 Å². The van der Waals surface area contributed by atoms with E-state index in [-0.39, 0.29) is 0 Å². The Hall–Kier alpha value is 0.507. The summed E-state index contributed by atoms with van der Waals surface area (Å²) < 4.78 is 0. The van der Waals surface area contributed by atoms with Gasteiger partial charge in [0.1, 0.15) is 0 Å². The number of rotatable bonds is 3. The van der Waals surface area contributed by atoms with Gasteiger partial charge in [0.2, 0.25) is 0 Å². The molecule has 0 rings (SSSR count). The largest absolute Gasteiger partial charge is 0.168 e. The third-order valence-electron chi connectivity index (χ3n) is 1.53. The highest BCUT2D eigenvalue weighted by molar-refractivity contribution is 7.19. The maximum absolute atomic E-state index is 6.15. The second-order valence-corrected chi connectivity index (χ2v) is 10.4. The molecule has 0 aliphatic rings. The van der Waals surface area contributed by atoms with Crippen molar-refractivity contribution in [1.82, 2.24) is 0 Å². The normalized spacial score (nSPS) is 15.7. The van der Waals surface area contributed by atoms with E-state index in [2.05, 4.69) is 26.9 Å². The molecule has 0 saturated carbocycles. The maximum atomic E-state index is 6.15. The van der Waals surface area contributed by atoms with Crippen LogP contribution in [0.5, 0.6) is 0 Å². The van der Waals surface area contributed by atoms with Gasteiger partial charge in [0.05, 0.1) is 0 Å². The molecule has 56 valence electrons. The van der Waals surface area contributed by atoms with Crippen molar-refractivity contribution in [1.29, 1.82) is 0 Å². The molecule has 0 unspecified atom stereocenters. The van der Waals surface area contributed by atoms with Crippen LogP contribution in [0.3, 0.4) is 0 Å². The van der Waals surface area contributed by atoms with E-state index in [1.807, 2.05) is 0 Å². The fourth-order valence-corrected chi connectivity index (χ4v) is 3.71. The maximum Gasteiger partial charge on any atom is 0.150 e. The third-order valence-corrected chi connectivity index (χ3v) is 3.66. The summed E-state index contributed by atoms with van der Waals surface area (Å²) in [5.74, 6) is 0.823. The number of hydrogen-bond acceptors (Lipinski definition) is 0. The molecule has 0 aromatic rings. The van der Waals surface area contributed by atoms with Crippen LogP contribution < -0.4 is 0 Å². The lowest BCUT2D eigenvalue weighted by molar-refractivity contribution is 0.618. The van der Waals surface area contributed by atoms with E-state index >= 15 is 0 Å². The molecule has 0 radical (unpaired) electrons. The molecule has 1 atom stereocenters. The molecule has 0 amide bonds. The quantitative estimate of drug-likeness (QED) is 0.443. The first-order valence-electron chi connectivity index (χ1n) is 3.64. The van der Waals surface area contributed by atoms with Crippen molar-refractivity contribution >= 4 is 18.5 Å². The van der Waals surface area contributed by atoms with Crippen LogP contribution in [0.4, 0.5) is 0 Å². The van der Waals surface area contributed by atoms with Gasteiger partial charge in [-0.25, -0.2) is 0 Å². The van der Waals surface area contributed by atoms with Gasteiger partial charge in [0, 0.05) is 0 Å². The van der Waals surface area contributed by atoms with Crippen molar-refractivity contribution in [2.24, 2.45) is 5.92 Å². The van der Waals surface area contributed by atoms with E-state index in [0.717, 1.165) is 5.92 Å². The minimum Gasteiger partial charge on any atom is -0.168 e. The van der Waals surface area contributed by atoms with Gasteiger partial charge >= 0.3 is 0 Å². The van der Waals surface area contributed by atoms with Crippen molar-refractivity contribution in [3.63, 3.8) is 0 Å². The summed E-state index contributed by atoms with van der Waals surface area (Å²) in [7, 11) is -1.27. The predicted molar refractivity (Wildman–Crippen MR) is 47.6 cm³/mol. The fourth-order valence-electron chi connectivity index (χ4n) is 0.973. The van der Waals surface area contributed by atoms with Gasteiger partial charge < -0.3 is 0 Å². The molecular weight excluding hydrogens is 148 g/mol. The standard InChI is InChI=1S/C7H17ClSi/c1-5-7(2)6-9(3,4)8/h7H,5-6H2,1-4H3/t7-/m1/s1. The van der Waals surface area contributed by atoms with Crippen LogP contribution in [0.15, 0.2) is 0 Å². The molecule has 9 heavy (non-hydrogen) atoms.